The molecule has 0 spiro atoms. The number of methoxy groups -OCH3 is 1. The number of aromatic nitrogens is 2. The second kappa shape index (κ2) is 12.7. The molecule has 9 nitrogen and oxygen atoms in total. The lowest BCUT2D eigenvalue weighted by Gasteiger charge is -2.34. The van der Waals surface area contributed by atoms with Gasteiger partial charge < -0.3 is 25.0 Å². The summed E-state index contributed by atoms with van der Waals surface area (Å²) in [5, 5.41) is 6.67. The zero-order chi connectivity index (χ0) is 22.6. The van der Waals surface area contributed by atoms with E-state index < -0.39 is 0 Å². The molecule has 1 saturated heterocycles. The maximum Gasteiger partial charge on any atom is 0.225 e. The number of guanidine groups is 1. The molecule has 1 aromatic carbocycles. The molecule has 0 aliphatic carbocycles. The van der Waals surface area contributed by atoms with Crippen LogP contribution in [0.2, 0.25) is 0 Å². The molecule has 0 bridgehead atoms. The van der Waals surface area contributed by atoms with E-state index in [9.17, 15) is 0 Å². The van der Waals surface area contributed by atoms with Gasteiger partial charge in [-0.1, -0.05) is 0 Å². The largest absolute Gasteiger partial charge is 0.493 e. The van der Waals surface area contributed by atoms with Gasteiger partial charge in [0.2, 0.25) is 5.95 Å². The van der Waals surface area contributed by atoms with E-state index in [0.29, 0.717) is 6.61 Å². The molecule has 3 rings (SSSR count). The van der Waals surface area contributed by atoms with Gasteiger partial charge in [-0.05, 0) is 38.5 Å². The summed E-state index contributed by atoms with van der Waals surface area (Å²) in [7, 11) is 1.64. The maximum absolute atomic E-state index is 5.67. The van der Waals surface area contributed by atoms with Gasteiger partial charge in [0, 0.05) is 70.0 Å². The highest BCUT2D eigenvalue weighted by Gasteiger charge is 2.18. The third-order valence-electron chi connectivity index (χ3n) is 5.18. The minimum Gasteiger partial charge on any atom is -0.493 e. The second-order valence-electron chi connectivity index (χ2n) is 7.42. The van der Waals surface area contributed by atoms with Crippen LogP contribution < -0.4 is 25.0 Å². The molecule has 1 aliphatic rings. The van der Waals surface area contributed by atoms with Crippen molar-refractivity contribution in [2.24, 2.45) is 4.99 Å². The fourth-order valence-corrected chi connectivity index (χ4v) is 3.58. The van der Waals surface area contributed by atoms with Gasteiger partial charge in [0.05, 0.1) is 13.7 Å². The monoisotopic (exact) mass is 441 g/mol. The van der Waals surface area contributed by atoms with Gasteiger partial charge in [-0.25, -0.2) is 9.97 Å². The predicted molar refractivity (Wildman–Crippen MR) is 129 cm³/mol. The third-order valence-corrected chi connectivity index (χ3v) is 5.18. The Hall–Kier alpha value is -3.07. The molecule has 1 aliphatic heterocycles. The third kappa shape index (κ3) is 6.98. The fourth-order valence-electron chi connectivity index (χ4n) is 3.58. The fraction of sp³-hybridized carbons (Fsp3) is 0.522. The minimum absolute atomic E-state index is 0.584. The topological polar surface area (TPSA) is 87.1 Å². The number of benzene rings is 1. The Morgan fingerprint density at radius 3 is 2.56 bits per heavy atom. The molecular weight excluding hydrogens is 406 g/mol. The Labute approximate surface area is 190 Å². The summed E-state index contributed by atoms with van der Waals surface area (Å²) in [6, 6.07) is 7.65. The first-order chi connectivity index (χ1) is 15.7. The lowest BCUT2D eigenvalue weighted by molar-refractivity contribution is 0.255. The standard InChI is InChI=1S/C23H35N7O2/c1-4-24-22(28-19-8-9-20(31-3)21(18-19)32-5-2)25-12-7-13-29-14-16-30(17-15-29)23-26-10-6-11-27-23/h6,8-11,18H,4-5,7,12-17H2,1-3H3,(H2,24,25,28). The van der Waals surface area contributed by atoms with Gasteiger partial charge in [-0.15, -0.1) is 0 Å². The van der Waals surface area contributed by atoms with Crippen LogP contribution in [-0.4, -0.2) is 80.4 Å². The molecule has 174 valence electrons. The number of anilines is 2. The van der Waals surface area contributed by atoms with Crippen LogP contribution in [0.15, 0.2) is 41.7 Å². The van der Waals surface area contributed by atoms with Gasteiger partial charge in [0.25, 0.3) is 0 Å². The highest BCUT2D eigenvalue weighted by atomic mass is 16.5. The number of nitrogens with one attached hydrogen (secondary N) is 2. The van der Waals surface area contributed by atoms with E-state index in [1.807, 2.05) is 31.2 Å². The van der Waals surface area contributed by atoms with Crippen LogP contribution in [-0.2, 0) is 0 Å². The van der Waals surface area contributed by atoms with E-state index in [1.165, 1.54) is 0 Å². The second-order valence-corrected chi connectivity index (χ2v) is 7.42. The van der Waals surface area contributed by atoms with Crippen molar-refractivity contribution >= 4 is 17.6 Å². The predicted octanol–water partition coefficient (Wildman–Crippen LogP) is 2.47. The van der Waals surface area contributed by atoms with Crippen molar-refractivity contribution < 1.29 is 9.47 Å². The molecule has 9 heteroatoms. The number of hydrogen-bond donors (Lipinski definition) is 2. The normalized spacial score (nSPS) is 14.8. The van der Waals surface area contributed by atoms with Gasteiger partial charge in [0.1, 0.15) is 0 Å². The molecule has 0 amide bonds. The Morgan fingerprint density at radius 1 is 1.09 bits per heavy atom. The molecule has 0 atom stereocenters. The Kier molecular flexibility index (Phi) is 9.37. The van der Waals surface area contributed by atoms with E-state index in [2.05, 4.69) is 37.3 Å². The number of aliphatic imine (C=N–C) groups is 1. The Balaban J connectivity index is 1.46. The Bertz CT molecular complexity index is 839. The first-order valence-electron chi connectivity index (χ1n) is 11.3. The molecule has 1 aromatic heterocycles. The molecule has 2 heterocycles. The summed E-state index contributed by atoms with van der Waals surface area (Å²) in [4.78, 5) is 18.2. The first kappa shape index (κ1) is 23.6. The number of hydrogen-bond acceptors (Lipinski definition) is 7. The van der Waals surface area contributed by atoms with Crippen molar-refractivity contribution in [2.75, 3.05) is 69.7 Å². The van der Waals surface area contributed by atoms with Crippen LogP contribution in [0.3, 0.4) is 0 Å². The molecule has 0 radical (unpaired) electrons. The zero-order valence-electron chi connectivity index (χ0n) is 19.4. The summed E-state index contributed by atoms with van der Waals surface area (Å²) in [5.74, 6) is 3.03. The van der Waals surface area contributed by atoms with Crippen molar-refractivity contribution in [1.29, 1.82) is 0 Å². The van der Waals surface area contributed by atoms with E-state index in [1.54, 1.807) is 19.5 Å². The van der Waals surface area contributed by atoms with Crippen molar-refractivity contribution in [3.63, 3.8) is 0 Å². The quantitative estimate of drug-likeness (QED) is 0.330. The number of rotatable bonds is 10. The van der Waals surface area contributed by atoms with Crippen LogP contribution in [0.5, 0.6) is 11.5 Å². The Morgan fingerprint density at radius 2 is 1.88 bits per heavy atom. The van der Waals surface area contributed by atoms with Gasteiger partial charge in [-0.2, -0.15) is 0 Å². The van der Waals surface area contributed by atoms with Crippen molar-refractivity contribution in [1.82, 2.24) is 20.2 Å². The van der Waals surface area contributed by atoms with Gasteiger partial charge >= 0.3 is 0 Å². The maximum atomic E-state index is 5.67. The average molecular weight is 442 g/mol. The van der Waals surface area contributed by atoms with E-state index in [-0.39, 0.29) is 0 Å². The van der Waals surface area contributed by atoms with Crippen molar-refractivity contribution in [3.05, 3.63) is 36.7 Å². The van der Waals surface area contributed by atoms with E-state index in [4.69, 9.17) is 14.5 Å². The summed E-state index contributed by atoms with van der Waals surface area (Å²) in [6.45, 7) is 11.1. The molecule has 1 fully saturated rings. The van der Waals surface area contributed by atoms with Crippen LogP contribution in [0.25, 0.3) is 0 Å². The van der Waals surface area contributed by atoms with Crippen LogP contribution in [0.4, 0.5) is 11.6 Å². The lowest BCUT2D eigenvalue weighted by atomic mass is 10.2. The van der Waals surface area contributed by atoms with Crippen LogP contribution in [0, 0.1) is 0 Å². The van der Waals surface area contributed by atoms with E-state index >= 15 is 0 Å². The number of piperazine rings is 1. The molecule has 0 saturated carbocycles. The summed E-state index contributed by atoms with van der Waals surface area (Å²) < 4.78 is 11.0. The minimum atomic E-state index is 0.584. The highest BCUT2D eigenvalue weighted by molar-refractivity contribution is 5.93. The SMILES string of the molecule is CCNC(=NCCCN1CCN(c2ncccn2)CC1)Nc1ccc(OC)c(OCC)c1. The van der Waals surface area contributed by atoms with Crippen molar-refractivity contribution in [2.45, 2.75) is 20.3 Å². The molecule has 0 unspecified atom stereocenters. The van der Waals surface area contributed by atoms with Crippen LogP contribution in [0.1, 0.15) is 20.3 Å². The molecular formula is C23H35N7O2. The van der Waals surface area contributed by atoms with Gasteiger partial charge in [0.15, 0.2) is 17.5 Å². The average Bonchev–Trinajstić information content (AvgIpc) is 2.83. The zero-order valence-corrected chi connectivity index (χ0v) is 19.4. The summed E-state index contributed by atoms with van der Waals surface area (Å²) in [5.41, 5.74) is 0.910. The number of nitrogens with zero attached hydrogens (tertiary/aromatic N) is 5. The molecule has 2 N–H and O–H groups in total. The smallest absolute Gasteiger partial charge is 0.225 e. The molecule has 32 heavy (non-hydrogen) atoms. The van der Waals surface area contributed by atoms with Crippen LogP contribution >= 0.6 is 0 Å². The first-order valence-corrected chi connectivity index (χ1v) is 11.3. The highest BCUT2D eigenvalue weighted by Crippen LogP contribution is 2.30. The van der Waals surface area contributed by atoms with E-state index in [0.717, 1.165) is 81.3 Å². The summed E-state index contributed by atoms with van der Waals surface area (Å²) >= 11 is 0. The lowest BCUT2D eigenvalue weighted by Crippen LogP contribution is -2.47. The van der Waals surface area contributed by atoms with Gasteiger partial charge in [-0.3, -0.25) is 9.89 Å². The molecule has 2 aromatic rings. The summed E-state index contributed by atoms with van der Waals surface area (Å²) in [6.07, 6.45) is 4.60. The van der Waals surface area contributed by atoms with Crippen molar-refractivity contribution in [3.8, 4) is 11.5 Å². The number of ether oxygens (including phenoxy) is 2.